The molecule has 0 bridgehead atoms. The molecule has 0 aliphatic rings. The van der Waals surface area contributed by atoms with Crippen molar-refractivity contribution in [2.24, 2.45) is 0 Å². The maximum atomic E-state index is 13.1. The fourth-order valence-electron chi connectivity index (χ4n) is 2.75. The summed E-state index contributed by atoms with van der Waals surface area (Å²) < 4.78 is 33.7. The summed E-state index contributed by atoms with van der Waals surface area (Å²) in [4.78, 5) is 10.2. The van der Waals surface area contributed by atoms with Crippen molar-refractivity contribution in [3.05, 3.63) is 57.6 Å². The quantitative estimate of drug-likeness (QED) is 0.249. The first-order chi connectivity index (χ1) is 14.5. The molecule has 2 aromatic rings. The number of anilines is 2. The lowest BCUT2D eigenvalue weighted by Crippen LogP contribution is -2.44. The average Bonchev–Trinajstić information content (AvgIpc) is 2.68. The molecule has 0 amide bonds. The number of hydrogen-bond acceptors (Lipinski definition) is 7. The van der Waals surface area contributed by atoms with Crippen LogP contribution in [0.5, 0.6) is 0 Å². The standard InChI is InChI=1S/C19H25N5O5S2/c1-12-5-7-16(13(2)9-12)23-31(27,28)18-10-15(24(25)26)6-8-17(18)21-22-19(30)20-14(3)11-29-4/h5-10,14,21,23H,11H2,1-4H3,(H2,20,22,30). The van der Waals surface area contributed by atoms with Crippen LogP contribution in [0.15, 0.2) is 41.3 Å². The normalized spacial score (nSPS) is 12.0. The van der Waals surface area contributed by atoms with Gasteiger partial charge in [-0.15, -0.1) is 0 Å². The summed E-state index contributed by atoms with van der Waals surface area (Å²) in [5.41, 5.74) is 7.20. The molecular weight excluding hydrogens is 442 g/mol. The first kappa shape index (κ1) is 24.3. The van der Waals surface area contributed by atoms with Gasteiger partial charge in [0.2, 0.25) is 0 Å². The number of ether oxygens (including phenoxy) is 1. The van der Waals surface area contributed by atoms with Crippen LogP contribution in [0, 0.1) is 24.0 Å². The van der Waals surface area contributed by atoms with Crippen molar-refractivity contribution in [1.82, 2.24) is 10.7 Å². The van der Waals surface area contributed by atoms with Crippen molar-refractivity contribution < 1.29 is 18.1 Å². The highest BCUT2D eigenvalue weighted by atomic mass is 32.2. The van der Waals surface area contributed by atoms with Crippen molar-refractivity contribution in [3.8, 4) is 0 Å². The number of methoxy groups -OCH3 is 1. The van der Waals surface area contributed by atoms with Gasteiger partial charge in [-0.3, -0.25) is 25.7 Å². The Morgan fingerprint density at radius 1 is 1.19 bits per heavy atom. The van der Waals surface area contributed by atoms with Crippen LogP contribution in [0.2, 0.25) is 0 Å². The van der Waals surface area contributed by atoms with Gasteiger partial charge in [0.15, 0.2) is 5.11 Å². The molecular formula is C19H25N5O5S2. The lowest BCUT2D eigenvalue weighted by molar-refractivity contribution is -0.385. The number of nitrogens with zero attached hydrogens (tertiary/aromatic N) is 1. The number of thiocarbonyl (C=S) groups is 1. The average molecular weight is 468 g/mol. The number of aryl methyl sites for hydroxylation is 2. The van der Waals surface area contributed by atoms with E-state index in [1.165, 1.54) is 12.1 Å². The van der Waals surface area contributed by atoms with Gasteiger partial charge in [0, 0.05) is 25.3 Å². The minimum atomic E-state index is -4.16. The lowest BCUT2D eigenvalue weighted by atomic mass is 10.1. The van der Waals surface area contributed by atoms with E-state index in [-0.39, 0.29) is 27.4 Å². The second-order valence-electron chi connectivity index (χ2n) is 6.94. The molecule has 1 atom stereocenters. The molecule has 0 spiro atoms. The van der Waals surface area contributed by atoms with Gasteiger partial charge in [0.25, 0.3) is 15.7 Å². The second kappa shape index (κ2) is 10.4. The number of nitro groups is 1. The summed E-state index contributed by atoms with van der Waals surface area (Å²) in [7, 11) is -2.60. The van der Waals surface area contributed by atoms with Gasteiger partial charge in [-0.2, -0.15) is 0 Å². The number of hydrogen-bond donors (Lipinski definition) is 4. The van der Waals surface area contributed by atoms with Crippen LogP contribution in [0.3, 0.4) is 0 Å². The predicted octanol–water partition coefficient (Wildman–Crippen LogP) is 2.84. The van der Waals surface area contributed by atoms with E-state index in [1.807, 2.05) is 19.9 Å². The SMILES string of the molecule is COCC(C)NC(=S)NNc1ccc([N+](=O)[O-])cc1S(=O)(=O)Nc1ccc(C)cc1C. The maximum Gasteiger partial charge on any atom is 0.270 e. The molecule has 0 saturated carbocycles. The minimum absolute atomic E-state index is 0.0851. The Bertz CT molecular complexity index is 1080. The van der Waals surface area contributed by atoms with Crippen LogP contribution < -0.4 is 20.9 Å². The van der Waals surface area contributed by atoms with E-state index in [2.05, 4.69) is 20.9 Å². The Kier molecular flexibility index (Phi) is 8.14. The zero-order valence-corrected chi connectivity index (χ0v) is 19.2. The summed E-state index contributed by atoms with van der Waals surface area (Å²) in [6, 6.07) is 8.63. The first-order valence-corrected chi connectivity index (χ1v) is 11.1. The third-order valence-electron chi connectivity index (χ3n) is 4.20. The fraction of sp³-hybridized carbons (Fsp3) is 0.316. The molecule has 31 heavy (non-hydrogen) atoms. The number of hydrazine groups is 1. The summed E-state index contributed by atoms with van der Waals surface area (Å²) in [5, 5.41) is 14.4. The second-order valence-corrected chi connectivity index (χ2v) is 9.00. The van der Waals surface area contributed by atoms with E-state index in [0.717, 1.165) is 17.2 Å². The molecule has 0 aromatic heterocycles. The van der Waals surface area contributed by atoms with E-state index in [0.29, 0.717) is 12.3 Å². The molecule has 0 saturated heterocycles. The number of rotatable bonds is 9. The third kappa shape index (κ3) is 6.77. The van der Waals surface area contributed by atoms with Crippen LogP contribution in [-0.2, 0) is 14.8 Å². The smallest absolute Gasteiger partial charge is 0.270 e. The molecule has 12 heteroatoms. The number of benzene rings is 2. The van der Waals surface area contributed by atoms with Gasteiger partial charge < -0.3 is 10.1 Å². The summed E-state index contributed by atoms with van der Waals surface area (Å²) in [5.74, 6) is 0. The van der Waals surface area contributed by atoms with E-state index in [9.17, 15) is 18.5 Å². The Morgan fingerprint density at radius 3 is 2.48 bits per heavy atom. The van der Waals surface area contributed by atoms with E-state index < -0.39 is 14.9 Å². The maximum absolute atomic E-state index is 13.1. The largest absolute Gasteiger partial charge is 0.383 e. The minimum Gasteiger partial charge on any atom is -0.383 e. The van der Waals surface area contributed by atoms with E-state index in [4.69, 9.17) is 17.0 Å². The van der Waals surface area contributed by atoms with Gasteiger partial charge in [-0.1, -0.05) is 17.7 Å². The summed E-state index contributed by atoms with van der Waals surface area (Å²) in [6.45, 7) is 5.93. The van der Waals surface area contributed by atoms with E-state index >= 15 is 0 Å². The zero-order chi connectivity index (χ0) is 23.2. The van der Waals surface area contributed by atoms with Crippen molar-refractivity contribution >= 4 is 44.4 Å². The number of sulfonamides is 1. The molecule has 0 fully saturated rings. The summed E-state index contributed by atoms with van der Waals surface area (Å²) in [6.07, 6.45) is 0. The van der Waals surface area contributed by atoms with Gasteiger partial charge in [0.1, 0.15) is 4.90 Å². The van der Waals surface area contributed by atoms with Crippen molar-refractivity contribution in [2.75, 3.05) is 23.9 Å². The molecule has 0 radical (unpaired) electrons. The molecule has 1 unspecified atom stereocenters. The molecule has 4 N–H and O–H groups in total. The Labute approximate surface area is 186 Å². The van der Waals surface area contributed by atoms with Gasteiger partial charge >= 0.3 is 0 Å². The van der Waals surface area contributed by atoms with Crippen molar-refractivity contribution in [2.45, 2.75) is 31.7 Å². The molecule has 168 valence electrons. The van der Waals surface area contributed by atoms with Crippen LogP contribution in [-0.4, -0.2) is 38.2 Å². The predicted molar refractivity (Wildman–Crippen MR) is 124 cm³/mol. The number of nitro benzene ring substituents is 1. The molecule has 0 aliphatic heterocycles. The Hall–Kier alpha value is -2.96. The van der Waals surface area contributed by atoms with Crippen LogP contribution in [0.4, 0.5) is 17.1 Å². The van der Waals surface area contributed by atoms with Gasteiger partial charge in [0.05, 0.1) is 22.9 Å². The monoisotopic (exact) mass is 467 g/mol. The number of nitrogens with one attached hydrogen (secondary N) is 4. The van der Waals surface area contributed by atoms with Crippen LogP contribution in [0.1, 0.15) is 18.1 Å². The third-order valence-corrected chi connectivity index (χ3v) is 5.82. The molecule has 2 aromatic carbocycles. The topological polar surface area (TPSA) is 135 Å². The Morgan fingerprint density at radius 2 is 1.87 bits per heavy atom. The Balaban J connectivity index is 2.32. The highest BCUT2D eigenvalue weighted by molar-refractivity contribution is 7.93. The van der Waals surface area contributed by atoms with Gasteiger partial charge in [-0.25, -0.2) is 8.42 Å². The summed E-state index contributed by atoms with van der Waals surface area (Å²) >= 11 is 5.17. The van der Waals surface area contributed by atoms with Gasteiger partial charge in [-0.05, 0) is 50.7 Å². The highest BCUT2D eigenvalue weighted by Gasteiger charge is 2.23. The van der Waals surface area contributed by atoms with Crippen LogP contribution >= 0.6 is 12.2 Å². The molecule has 2 rings (SSSR count). The fourth-order valence-corrected chi connectivity index (χ4v) is 4.32. The molecule has 10 nitrogen and oxygen atoms in total. The lowest BCUT2D eigenvalue weighted by Gasteiger charge is -2.19. The zero-order valence-electron chi connectivity index (χ0n) is 17.6. The molecule has 0 heterocycles. The highest BCUT2D eigenvalue weighted by Crippen LogP contribution is 2.29. The number of non-ortho nitro benzene ring substituents is 1. The van der Waals surface area contributed by atoms with Crippen LogP contribution in [0.25, 0.3) is 0 Å². The molecule has 0 aliphatic carbocycles. The van der Waals surface area contributed by atoms with Crippen molar-refractivity contribution in [3.63, 3.8) is 0 Å². The van der Waals surface area contributed by atoms with Crippen molar-refractivity contribution in [1.29, 1.82) is 0 Å². The first-order valence-electron chi connectivity index (χ1n) is 9.23. The van der Waals surface area contributed by atoms with E-state index in [1.54, 1.807) is 26.2 Å².